The molecule has 1 amide bonds. The van der Waals surface area contributed by atoms with Crippen LogP contribution in [0.5, 0.6) is 5.75 Å². The predicted molar refractivity (Wildman–Crippen MR) is 119 cm³/mol. The van der Waals surface area contributed by atoms with E-state index in [2.05, 4.69) is 4.98 Å². The Morgan fingerprint density at radius 3 is 2.69 bits per heavy atom. The molecule has 1 aromatic carbocycles. The molecule has 1 aromatic heterocycles. The number of thiazole rings is 1. The Morgan fingerprint density at radius 1 is 1.25 bits per heavy atom. The molecule has 9 heteroatoms. The van der Waals surface area contributed by atoms with Crippen molar-refractivity contribution >= 4 is 23.4 Å². The maximum atomic E-state index is 12.7. The number of aromatic nitrogens is 1. The summed E-state index contributed by atoms with van der Waals surface area (Å²) in [5.41, 5.74) is 0.272. The number of carbonyl (C=O) groups excluding carboxylic acids is 1. The topological polar surface area (TPSA) is 98.2 Å². The van der Waals surface area contributed by atoms with Crippen molar-refractivity contribution in [2.75, 3.05) is 13.2 Å². The van der Waals surface area contributed by atoms with E-state index in [4.69, 9.17) is 14.2 Å². The van der Waals surface area contributed by atoms with Crippen LogP contribution in [0.3, 0.4) is 0 Å². The van der Waals surface area contributed by atoms with Gasteiger partial charge in [-0.05, 0) is 58.7 Å². The number of hydrogen-bond acceptors (Lipinski definition) is 7. The Balaban J connectivity index is 1.54. The van der Waals surface area contributed by atoms with Crippen LogP contribution in [0.2, 0.25) is 0 Å². The lowest BCUT2D eigenvalue weighted by Crippen LogP contribution is -2.55. The first kappa shape index (κ1) is 22.5. The highest BCUT2D eigenvalue weighted by atomic mass is 32.1. The second kappa shape index (κ2) is 8.71. The van der Waals surface area contributed by atoms with Crippen LogP contribution in [0, 0.1) is 6.92 Å². The molecule has 1 aliphatic heterocycles. The molecule has 1 saturated carbocycles. The van der Waals surface area contributed by atoms with Crippen molar-refractivity contribution in [3.63, 3.8) is 0 Å². The van der Waals surface area contributed by atoms with Gasteiger partial charge in [-0.25, -0.2) is 14.6 Å². The third-order valence-corrected chi connectivity index (χ3v) is 6.43. The minimum atomic E-state index is -1.03. The van der Waals surface area contributed by atoms with Gasteiger partial charge in [-0.2, -0.15) is 0 Å². The molecule has 1 saturated heterocycles. The van der Waals surface area contributed by atoms with Gasteiger partial charge in [0, 0.05) is 23.2 Å². The van der Waals surface area contributed by atoms with Gasteiger partial charge in [0.1, 0.15) is 28.6 Å². The number of ether oxygens (including phenoxy) is 3. The summed E-state index contributed by atoms with van der Waals surface area (Å²) in [5, 5.41) is 10.3. The largest absolute Gasteiger partial charge is 0.488 e. The smallest absolute Gasteiger partial charge is 0.410 e. The number of rotatable bonds is 4. The van der Waals surface area contributed by atoms with Crippen molar-refractivity contribution in [2.24, 2.45) is 0 Å². The lowest BCUT2D eigenvalue weighted by Gasteiger charge is -2.39. The summed E-state index contributed by atoms with van der Waals surface area (Å²) in [7, 11) is 0. The Bertz CT molecular complexity index is 1010. The van der Waals surface area contributed by atoms with Gasteiger partial charge in [-0.3, -0.25) is 0 Å². The van der Waals surface area contributed by atoms with Crippen LogP contribution in [-0.4, -0.2) is 64.1 Å². The number of morpholine rings is 1. The second-order valence-electron chi connectivity index (χ2n) is 9.14. The lowest BCUT2D eigenvalue weighted by molar-refractivity contribution is -0.0902. The van der Waals surface area contributed by atoms with Crippen molar-refractivity contribution in [1.82, 2.24) is 9.88 Å². The molecule has 2 fully saturated rings. The van der Waals surface area contributed by atoms with E-state index in [0.717, 1.165) is 16.3 Å². The molecular formula is C23H28N2O6S. The fourth-order valence-corrected chi connectivity index (χ4v) is 4.92. The van der Waals surface area contributed by atoms with E-state index in [1.165, 1.54) is 17.4 Å². The second-order valence-corrected chi connectivity index (χ2v) is 10.4. The molecule has 2 aliphatic rings. The van der Waals surface area contributed by atoms with E-state index < -0.39 is 11.6 Å². The minimum absolute atomic E-state index is 0.132. The highest BCUT2D eigenvalue weighted by Gasteiger charge is 2.46. The molecule has 0 unspecified atom stereocenters. The fraction of sp³-hybridized carbons (Fsp3) is 0.522. The minimum Gasteiger partial charge on any atom is -0.488 e. The number of aromatic carboxylic acids is 1. The SMILES string of the molecule is Cc1cnc(-c2cc(O[C@@H]3CC[C@@H]4[C@H]3OCCN4C(=O)OC(C)(C)C)cc(C(=O)O)c2)s1. The number of carbonyl (C=O) groups is 2. The molecule has 0 radical (unpaired) electrons. The van der Waals surface area contributed by atoms with Crippen LogP contribution in [0.25, 0.3) is 10.6 Å². The maximum Gasteiger partial charge on any atom is 0.410 e. The van der Waals surface area contributed by atoms with Crippen LogP contribution in [-0.2, 0) is 9.47 Å². The molecule has 1 aliphatic carbocycles. The highest BCUT2D eigenvalue weighted by molar-refractivity contribution is 7.14. The number of hydrogen-bond donors (Lipinski definition) is 1. The van der Waals surface area contributed by atoms with Crippen LogP contribution in [0.1, 0.15) is 48.8 Å². The quantitative estimate of drug-likeness (QED) is 0.724. The summed E-state index contributed by atoms with van der Waals surface area (Å²) < 4.78 is 17.8. The number of benzene rings is 1. The van der Waals surface area contributed by atoms with E-state index in [1.807, 2.05) is 33.8 Å². The molecule has 0 bridgehead atoms. The molecule has 2 heterocycles. The Labute approximate surface area is 191 Å². The van der Waals surface area contributed by atoms with Crippen LogP contribution in [0.4, 0.5) is 4.79 Å². The van der Waals surface area contributed by atoms with Gasteiger partial charge < -0.3 is 24.2 Å². The molecule has 1 N–H and O–H groups in total. The summed E-state index contributed by atoms with van der Waals surface area (Å²) in [4.78, 5) is 31.5. The van der Waals surface area contributed by atoms with Gasteiger partial charge in [0.25, 0.3) is 0 Å². The van der Waals surface area contributed by atoms with E-state index in [0.29, 0.717) is 30.9 Å². The normalized spacial score (nSPS) is 23.0. The number of carboxylic acids is 1. The Hall–Kier alpha value is -2.65. The lowest BCUT2D eigenvalue weighted by atomic mass is 10.1. The molecule has 0 spiro atoms. The van der Waals surface area contributed by atoms with Crippen LogP contribution in [0.15, 0.2) is 24.4 Å². The van der Waals surface area contributed by atoms with Gasteiger partial charge in [0.2, 0.25) is 0 Å². The molecule has 3 atom stereocenters. The first-order chi connectivity index (χ1) is 15.1. The van der Waals surface area contributed by atoms with E-state index in [-0.39, 0.29) is 29.9 Å². The summed E-state index contributed by atoms with van der Waals surface area (Å²) in [6.45, 7) is 8.38. The first-order valence-corrected chi connectivity index (χ1v) is 11.5. The monoisotopic (exact) mass is 460 g/mol. The van der Waals surface area contributed by atoms with Gasteiger partial charge in [0.05, 0.1) is 18.2 Å². The molecule has 2 aromatic rings. The number of aryl methyl sites for hydroxylation is 1. The van der Waals surface area contributed by atoms with E-state index >= 15 is 0 Å². The van der Waals surface area contributed by atoms with Crippen molar-refractivity contribution in [3.8, 4) is 16.3 Å². The van der Waals surface area contributed by atoms with Crippen molar-refractivity contribution < 1.29 is 28.9 Å². The van der Waals surface area contributed by atoms with E-state index in [1.54, 1.807) is 17.2 Å². The summed E-state index contributed by atoms with van der Waals surface area (Å²) in [6.07, 6.45) is 2.25. The average Bonchev–Trinajstić information content (AvgIpc) is 3.33. The van der Waals surface area contributed by atoms with Gasteiger partial charge >= 0.3 is 12.1 Å². The first-order valence-electron chi connectivity index (χ1n) is 10.7. The van der Waals surface area contributed by atoms with Gasteiger partial charge in [-0.15, -0.1) is 11.3 Å². The molecule has 4 rings (SSSR count). The predicted octanol–water partition coefficient (Wildman–Crippen LogP) is 4.36. The van der Waals surface area contributed by atoms with Crippen LogP contribution < -0.4 is 4.74 Å². The molecule has 172 valence electrons. The van der Waals surface area contributed by atoms with Gasteiger partial charge in [-0.1, -0.05) is 0 Å². The maximum absolute atomic E-state index is 12.7. The number of carboxylic acid groups (broad SMARTS) is 1. The van der Waals surface area contributed by atoms with Crippen molar-refractivity contribution in [3.05, 3.63) is 34.8 Å². The molecule has 32 heavy (non-hydrogen) atoms. The Morgan fingerprint density at radius 2 is 2.03 bits per heavy atom. The summed E-state index contributed by atoms with van der Waals surface area (Å²) in [6, 6.07) is 4.81. The summed E-state index contributed by atoms with van der Waals surface area (Å²) >= 11 is 1.50. The zero-order valence-electron chi connectivity index (χ0n) is 18.7. The third kappa shape index (κ3) is 4.88. The highest BCUT2D eigenvalue weighted by Crippen LogP contribution is 2.36. The molecule has 8 nitrogen and oxygen atoms in total. The number of nitrogens with zero attached hydrogens (tertiary/aromatic N) is 2. The zero-order chi connectivity index (χ0) is 23.0. The summed E-state index contributed by atoms with van der Waals surface area (Å²) in [5.74, 6) is -0.573. The third-order valence-electron chi connectivity index (χ3n) is 5.47. The average molecular weight is 461 g/mol. The Kier molecular flexibility index (Phi) is 6.13. The number of amides is 1. The molecular weight excluding hydrogens is 432 g/mol. The standard InChI is InChI=1S/C23H28N2O6S/c1-13-12-24-20(32-13)14-9-15(21(26)27)11-16(10-14)30-18-6-5-17-19(18)29-8-7-25(17)22(28)31-23(2,3)4/h9-12,17-19H,5-8H2,1-4H3,(H,26,27)/t17-,18-,19-/m1/s1. The zero-order valence-corrected chi connectivity index (χ0v) is 19.5. The van der Waals surface area contributed by atoms with Crippen molar-refractivity contribution in [2.45, 2.75) is 64.4 Å². The van der Waals surface area contributed by atoms with Crippen molar-refractivity contribution in [1.29, 1.82) is 0 Å². The van der Waals surface area contributed by atoms with E-state index in [9.17, 15) is 14.7 Å². The fourth-order valence-electron chi connectivity index (χ4n) is 4.17. The number of fused-ring (bicyclic) bond motifs is 1. The van der Waals surface area contributed by atoms with Gasteiger partial charge in [0.15, 0.2) is 0 Å². The van der Waals surface area contributed by atoms with Crippen LogP contribution >= 0.6 is 11.3 Å².